The van der Waals surface area contributed by atoms with Crippen molar-refractivity contribution >= 4 is 0 Å². The molecule has 4 rings (SSSR count). The monoisotopic (exact) mass is 316 g/mol. The Hall–Kier alpha value is -1.76. The van der Waals surface area contributed by atoms with E-state index >= 15 is 0 Å². The van der Waals surface area contributed by atoms with Crippen LogP contribution in [0.5, 0.6) is 0 Å². The van der Waals surface area contributed by atoms with E-state index in [0.717, 1.165) is 17.5 Å². The molecule has 23 heavy (non-hydrogen) atoms. The first kappa shape index (κ1) is 14.8. The smallest absolute Gasteiger partial charge is 0.243 e. The number of aromatic nitrogens is 5. The SMILES string of the molecule is CC(NCc1nnc(C2CC2)n1C)c1nc(C2CCCC2)no1. The number of nitrogens with zero attached hydrogens (tertiary/aromatic N) is 5. The molecule has 1 unspecified atom stereocenters. The molecule has 2 aliphatic rings. The van der Waals surface area contributed by atoms with Crippen LogP contribution in [0.15, 0.2) is 4.52 Å². The van der Waals surface area contributed by atoms with E-state index in [1.54, 1.807) is 0 Å². The molecule has 0 amide bonds. The Kier molecular flexibility index (Phi) is 3.88. The fourth-order valence-electron chi connectivity index (χ4n) is 3.33. The van der Waals surface area contributed by atoms with E-state index in [1.807, 2.05) is 14.0 Å². The van der Waals surface area contributed by atoms with Crippen LogP contribution < -0.4 is 5.32 Å². The first-order chi connectivity index (χ1) is 11.2. The minimum atomic E-state index is 0.0127. The van der Waals surface area contributed by atoms with Gasteiger partial charge in [0, 0.05) is 18.9 Å². The van der Waals surface area contributed by atoms with Gasteiger partial charge in [0.1, 0.15) is 11.6 Å². The van der Waals surface area contributed by atoms with Crippen LogP contribution in [0, 0.1) is 0 Å². The van der Waals surface area contributed by atoms with Gasteiger partial charge in [0.25, 0.3) is 0 Å². The van der Waals surface area contributed by atoms with E-state index in [1.165, 1.54) is 38.5 Å². The van der Waals surface area contributed by atoms with Crippen molar-refractivity contribution in [3.8, 4) is 0 Å². The lowest BCUT2D eigenvalue weighted by Gasteiger charge is -2.09. The zero-order valence-electron chi connectivity index (χ0n) is 13.8. The molecule has 0 radical (unpaired) electrons. The summed E-state index contributed by atoms with van der Waals surface area (Å²) >= 11 is 0. The summed E-state index contributed by atoms with van der Waals surface area (Å²) in [4.78, 5) is 4.59. The van der Waals surface area contributed by atoms with Crippen molar-refractivity contribution in [3.05, 3.63) is 23.4 Å². The van der Waals surface area contributed by atoms with Crippen LogP contribution in [0.25, 0.3) is 0 Å². The van der Waals surface area contributed by atoms with Gasteiger partial charge in [0.05, 0.1) is 12.6 Å². The van der Waals surface area contributed by atoms with E-state index < -0.39 is 0 Å². The Morgan fingerprint density at radius 2 is 1.96 bits per heavy atom. The summed E-state index contributed by atoms with van der Waals surface area (Å²) in [6.07, 6.45) is 7.40. The maximum atomic E-state index is 5.44. The van der Waals surface area contributed by atoms with Gasteiger partial charge in [-0.15, -0.1) is 10.2 Å². The van der Waals surface area contributed by atoms with Crippen LogP contribution in [-0.4, -0.2) is 24.9 Å². The lowest BCUT2D eigenvalue weighted by Crippen LogP contribution is -2.20. The van der Waals surface area contributed by atoms with Crippen LogP contribution in [0.2, 0.25) is 0 Å². The third-order valence-corrected chi connectivity index (χ3v) is 5.06. The molecule has 124 valence electrons. The molecule has 7 nitrogen and oxygen atoms in total. The average molecular weight is 316 g/mol. The van der Waals surface area contributed by atoms with Crippen LogP contribution in [0.1, 0.15) is 86.7 Å². The van der Waals surface area contributed by atoms with Gasteiger partial charge < -0.3 is 9.09 Å². The molecule has 0 aromatic carbocycles. The molecule has 2 aromatic heterocycles. The Morgan fingerprint density at radius 1 is 1.17 bits per heavy atom. The lowest BCUT2D eigenvalue weighted by molar-refractivity contribution is 0.332. The zero-order chi connectivity index (χ0) is 15.8. The topological polar surface area (TPSA) is 81.7 Å². The Labute approximate surface area is 135 Å². The second-order valence-corrected chi connectivity index (χ2v) is 6.88. The third-order valence-electron chi connectivity index (χ3n) is 5.06. The Balaban J connectivity index is 1.37. The van der Waals surface area contributed by atoms with Crippen molar-refractivity contribution in [1.82, 2.24) is 30.2 Å². The van der Waals surface area contributed by atoms with Gasteiger partial charge >= 0.3 is 0 Å². The molecule has 7 heteroatoms. The van der Waals surface area contributed by atoms with Crippen molar-refractivity contribution in [3.63, 3.8) is 0 Å². The molecular formula is C16H24N6O. The van der Waals surface area contributed by atoms with Gasteiger partial charge in [0.15, 0.2) is 5.82 Å². The van der Waals surface area contributed by atoms with Crippen molar-refractivity contribution in [2.75, 3.05) is 0 Å². The molecule has 1 N–H and O–H groups in total. The molecule has 0 saturated heterocycles. The minimum absolute atomic E-state index is 0.0127. The average Bonchev–Trinajstić information content (AvgIpc) is 2.98. The zero-order valence-corrected chi connectivity index (χ0v) is 13.8. The van der Waals surface area contributed by atoms with Crippen LogP contribution >= 0.6 is 0 Å². The van der Waals surface area contributed by atoms with Crippen molar-refractivity contribution in [2.24, 2.45) is 7.05 Å². The van der Waals surface area contributed by atoms with Gasteiger partial charge in [-0.3, -0.25) is 5.32 Å². The summed E-state index contributed by atoms with van der Waals surface area (Å²) in [5.41, 5.74) is 0. The van der Waals surface area contributed by atoms with Crippen molar-refractivity contribution in [2.45, 2.75) is 69.9 Å². The van der Waals surface area contributed by atoms with E-state index in [9.17, 15) is 0 Å². The third kappa shape index (κ3) is 3.02. The van der Waals surface area contributed by atoms with Gasteiger partial charge in [-0.1, -0.05) is 18.0 Å². The molecule has 2 aromatic rings. The normalized spacial score (nSPS) is 20.3. The quantitative estimate of drug-likeness (QED) is 0.882. The Bertz CT molecular complexity index is 668. The highest BCUT2D eigenvalue weighted by Gasteiger charge is 2.29. The molecular weight excluding hydrogens is 292 g/mol. The summed E-state index contributed by atoms with van der Waals surface area (Å²) in [6, 6.07) is 0.0127. The maximum absolute atomic E-state index is 5.44. The van der Waals surface area contributed by atoms with Crippen molar-refractivity contribution < 1.29 is 4.52 Å². The summed E-state index contributed by atoms with van der Waals surface area (Å²) in [7, 11) is 2.04. The second kappa shape index (κ2) is 6.03. The maximum Gasteiger partial charge on any atom is 0.243 e. The van der Waals surface area contributed by atoms with Crippen molar-refractivity contribution in [1.29, 1.82) is 0 Å². The minimum Gasteiger partial charge on any atom is -0.338 e. The predicted molar refractivity (Wildman–Crippen MR) is 83.7 cm³/mol. The molecule has 2 aliphatic carbocycles. The van der Waals surface area contributed by atoms with Gasteiger partial charge in [0.2, 0.25) is 5.89 Å². The summed E-state index contributed by atoms with van der Waals surface area (Å²) in [5, 5.41) is 16.2. The summed E-state index contributed by atoms with van der Waals surface area (Å²) in [6.45, 7) is 2.70. The summed E-state index contributed by atoms with van der Waals surface area (Å²) < 4.78 is 7.55. The molecule has 0 aliphatic heterocycles. The van der Waals surface area contributed by atoms with Gasteiger partial charge in [-0.25, -0.2) is 0 Å². The predicted octanol–water partition coefficient (Wildman–Crippen LogP) is 2.58. The Morgan fingerprint density at radius 3 is 2.70 bits per heavy atom. The van der Waals surface area contributed by atoms with E-state index in [-0.39, 0.29) is 6.04 Å². The van der Waals surface area contributed by atoms with E-state index in [2.05, 4.69) is 30.2 Å². The molecule has 0 spiro atoms. The molecule has 2 heterocycles. The molecule has 2 fully saturated rings. The number of nitrogens with one attached hydrogen (secondary N) is 1. The van der Waals surface area contributed by atoms with Crippen LogP contribution in [0.4, 0.5) is 0 Å². The molecule has 1 atom stereocenters. The number of hydrogen-bond donors (Lipinski definition) is 1. The first-order valence-corrected chi connectivity index (χ1v) is 8.67. The first-order valence-electron chi connectivity index (χ1n) is 8.67. The second-order valence-electron chi connectivity index (χ2n) is 6.88. The van der Waals surface area contributed by atoms with Crippen LogP contribution in [0.3, 0.4) is 0 Å². The standard InChI is InChI=1S/C16H24N6O/c1-10(16-18-14(21-23-16)11-5-3-4-6-11)17-9-13-19-20-15(22(13)2)12-7-8-12/h10-12,17H,3-9H2,1-2H3. The van der Waals surface area contributed by atoms with Gasteiger partial charge in [-0.2, -0.15) is 4.98 Å². The van der Waals surface area contributed by atoms with Gasteiger partial charge in [-0.05, 0) is 32.6 Å². The molecule has 2 saturated carbocycles. The lowest BCUT2D eigenvalue weighted by atomic mass is 10.1. The largest absolute Gasteiger partial charge is 0.338 e. The van der Waals surface area contributed by atoms with Crippen LogP contribution in [-0.2, 0) is 13.6 Å². The van der Waals surface area contributed by atoms with E-state index in [0.29, 0.717) is 24.3 Å². The number of hydrogen-bond acceptors (Lipinski definition) is 6. The van der Waals surface area contributed by atoms with E-state index in [4.69, 9.17) is 4.52 Å². The molecule has 0 bridgehead atoms. The highest BCUT2D eigenvalue weighted by Crippen LogP contribution is 2.38. The number of rotatable bonds is 6. The fraction of sp³-hybridized carbons (Fsp3) is 0.750. The highest BCUT2D eigenvalue weighted by molar-refractivity contribution is 5.08. The highest BCUT2D eigenvalue weighted by atomic mass is 16.5. The fourth-order valence-corrected chi connectivity index (χ4v) is 3.33. The summed E-state index contributed by atoms with van der Waals surface area (Å²) in [5.74, 6) is 4.70.